The third-order valence-electron chi connectivity index (χ3n) is 3.67. The quantitative estimate of drug-likeness (QED) is 0.916. The Labute approximate surface area is 133 Å². The highest BCUT2D eigenvalue weighted by Gasteiger charge is 2.26. The fourth-order valence-electron chi connectivity index (χ4n) is 2.35. The minimum atomic E-state index is -0.351. The number of benzene rings is 1. The lowest BCUT2D eigenvalue weighted by Crippen LogP contribution is -2.54. The number of hydrogen-bond donors (Lipinski definition) is 1. The number of nitrogens with two attached hydrogens (primary N) is 1. The Morgan fingerprint density at radius 2 is 1.62 bits per heavy atom. The minimum Gasteiger partial charge on any atom is -0.368 e. The smallest absolute Gasteiger partial charge is 0.254 e. The Bertz CT molecular complexity index is 537. The number of primary amides is 1. The zero-order valence-electron chi connectivity index (χ0n) is 11.7. The molecule has 1 atom stereocenters. The molecule has 0 aliphatic carbocycles. The first-order chi connectivity index (χ1) is 9.88. The summed E-state index contributed by atoms with van der Waals surface area (Å²) in [5.41, 5.74) is 5.77. The maximum absolute atomic E-state index is 12.4. The molecule has 1 aromatic rings. The van der Waals surface area contributed by atoms with Crippen molar-refractivity contribution in [2.24, 2.45) is 5.73 Å². The van der Waals surface area contributed by atoms with Gasteiger partial charge in [-0.05, 0) is 25.1 Å². The molecular weight excluding hydrogens is 313 g/mol. The van der Waals surface area contributed by atoms with E-state index in [1.807, 2.05) is 4.90 Å². The summed E-state index contributed by atoms with van der Waals surface area (Å²) in [5.74, 6) is -0.456. The first-order valence-electron chi connectivity index (χ1n) is 6.67. The highest BCUT2D eigenvalue weighted by atomic mass is 35.5. The number of hydrogen-bond acceptors (Lipinski definition) is 3. The number of nitrogens with zero attached hydrogens (tertiary/aromatic N) is 2. The van der Waals surface area contributed by atoms with Crippen LogP contribution in [0.1, 0.15) is 17.3 Å². The van der Waals surface area contributed by atoms with Crippen LogP contribution >= 0.6 is 23.2 Å². The van der Waals surface area contributed by atoms with E-state index in [4.69, 9.17) is 28.9 Å². The lowest BCUT2D eigenvalue weighted by Gasteiger charge is -2.37. The van der Waals surface area contributed by atoms with Crippen molar-refractivity contribution in [2.45, 2.75) is 13.0 Å². The molecule has 1 heterocycles. The molecule has 7 heteroatoms. The molecule has 1 aliphatic heterocycles. The van der Waals surface area contributed by atoms with Crippen molar-refractivity contribution in [3.8, 4) is 0 Å². The Kier molecular flexibility index (Phi) is 5.08. The van der Waals surface area contributed by atoms with Gasteiger partial charge in [0.15, 0.2) is 0 Å². The molecule has 114 valence electrons. The van der Waals surface area contributed by atoms with Crippen LogP contribution in [0.4, 0.5) is 0 Å². The molecule has 2 amide bonds. The van der Waals surface area contributed by atoms with E-state index in [0.717, 1.165) is 0 Å². The summed E-state index contributed by atoms with van der Waals surface area (Å²) >= 11 is 11.8. The Morgan fingerprint density at radius 1 is 1.10 bits per heavy atom. The monoisotopic (exact) mass is 329 g/mol. The predicted molar refractivity (Wildman–Crippen MR) is 82.6 cm³/mol. The summed E-state index contributed by atoms with van der Waals surface area (Å²) in [7, 11) is 0. The molecule has 1 unspecified atom stereocenters. The van der Waals surface area contributed by atoms with Gasteiger partial charge in [-0.2, -0.15) is 0 Å². The molecule has 1 fully saturated rings. The van der Waals surface area contributed by atoms with E-state index in [1.54, 1.807) is 30.0 Å². The van der Waals surface area contributed by atoms with Gasteiger partial charge in [-0.1, -0.05) is 23.2 Å². The van der Waals surface area contributed by atoms with Crippen LogP contribution in [0.3, 0.4) is 0 Å². The van der Waals surface area contributed by atoms with Crippen LogP contribution in [0.15, 0.2) is 18.2 Å². The molecule has 0 bridgehead atoms. The first kappa shape index (κ1) is 16.1. The molecular formula is C14H17Cl2N3O2. The molecule has 21 heavy (non-hydrogen) atoms. The van der Waals surface area contributed by atoms with Crippen LogP contribution in [-0.4, -0.2) is 53.8 Å². The third kappa shape index (κ3) is 3.87. The maximum Gasteiger partial charge on any atom is 0.254 e. The van der Waals surface area contributed by atoms with Gasteiger partial charge in [-0.25, -0.2) is 0 Å². The van der Waals surface area contributed by atoms with Crippen molar-refractivity contribution < 1.29 is 9.59 Å². The number of piperazine rings is 1. The van der Waals surface area contributed by atoms with E-state index >= 15 is 0 Å². The van der Waals surface area contributed by atoms with Gasteiger partial charge in [0.2, 0.25) is 5.91 Å². The Hall–Kier alpha value is -1.30. The van der Waals surface area contributed by atoms with Crippen LogP contribution in [0.25, 0.3) is 0 Å². The normalized spacial score (nSPS) is 17.6. The standard InChI is InChI=1S/C14H17Cl2N3O2/c1-9(13(17)20)18-2-4-19(5-3-18)14(21)10-6-11(15)8-12(16)7-10/h6-9H,2-5H2,1H3,(H2,17,20). The Balaban J connectivity index is 2.01. The summed E-state index contributed by atoms with van der Waals surface area (Å²) in [6.07, 6.45) is 0. The van der Waals surface area contributed by atoms with Crippen LogP contribution in [0.2, 0.25) is 10.0 Å². The topological polar surface area (TPSA) is 66.6 Å². The van der Waals surface area contributed by atoms with E-state index in [2.05, 4.69) is 0 Å². The highest BCUT2D eigenvalue weighted by Crippen LogP contribution is 2.20. The van der Waals surface area contributed by atoms with Crippen LogP contribution in [-0.2, 0) is 4.79 Å². The third-order valence-corrected chi connectivity index (χ3v) is 4.11. The van der Waals surface area contributed by atoms with Gasteiger partial charge in [0.1, 0.15) is 0 Å². The second-order valence-electron chi connectivity index (χ2n) is 5.06. The second kappa shape index (κ2) is 6.64. The van der Waals surface area contributed by atoms with Gasteiger partial charge in [0.05, 0.1) is 6.04 Å². The molecule has 0 saturated carbocycles. The second-order valence-corrected chi connectivity index (χ2v) is 5.94. The van der Waals surface area contributed by atoms with Gasteiger partial charge >= 0.3 is 0 Å². The molecule has 0 radical (unpaired) electrons. The summed E-state index contributed by atoms with van der Waals surface area (Å²) in [4.78, 5) is 27.3. The van der Waals surface area contributed by atoms with Crippen LogP contribution < -0.4 is 5.73 Å². The number of halogens is 2. The van der Waals surface area contributed by atoms with Crippen molar-refractivity contribution in [3.63, 3.8) is 0 Å². The van der Waals surface area contributed by atoms with E-state index in [9.17, 15) is 9.59 Å². The van der Waals surface area contributed by atoms with Crippen molar-refractivity contribution in [2.75, 3.05) is 26.2 Å². The largest absolute Gasteiger partial charge is 0.368 e. The van der Waals surface area contributed by atoms with E-state index in [-0.39, 0.29) is 17.9 Å². The molecule has 2 N–H and O–H groups in total. The summed E-state index contributed by atoms with van der Waals surface area (Å²) in [6.45, 7) is 4.09. The van der Waals surface area contributed by atoms with Crippen molar-refractivity contribution >= 4 is 35.0 Å². The summed E-state index contributed by atoms with van der Waals surface area (Å²) < 4.78 is 0. The van der Waals surface area contributed by atoms with Gasteiger partial charge in [0, 0.05) is 41.8 Å². The van der Waals surface area contributed by atoms with Crippen LogP contribution in [0, 0.1) is 0 Å². The van der Waals surface area contributed by atoms with Crippen molar-refractivity contribution in [1.29, 1.82) is 0 Å². The molecule has 0 aromatic heterocycles. The molecule has 5 nitrogen and oxygen atoms in total. The Morgan fingerprint density at radius 3 is 2.10 bits per heavy atom. The van der Waals surface area contributed by atoms with Gasteiger partial charge in [-0.3, -0.25) is 14.5 Å². The van der Waals surface area contributed by atoms with E-state index < -0.39 is 0 Å². The lowest BCUT2D eigenvalue weighted by molar-refractivity contribution is -0.123. The predicted octanol–water partition coefficient (Wildman–Crippen LogP) is 1.63. The van der Waals surface area contributed by atoms with Gasteiger partial charge in [-0.15, -0.1) is 0 Å². The molecule has 2 rings (SSSR count). The minimum absolute atomic E-state index is 0.106. The number of rotatable bonds is 3. The zero-order valence-corrected chi connectivity index (χ0v) is 13.2. The fraction of sp³-hybridized carbons (Fsp3) is 0.429. The zero-order chi connectivity index (χ0) is 15.6. The van der Waals surface area contributed by atoms with Crippen molar-refractivity contribution in [3.05, 3.63) is 33.8 Å². The lowest BCUT2D eigenvalue weighted by atomic mass is 10.1. The number of carbonyl (C=O) groups is 2. The number of amides is 2. The first-order valence-corrected chi connectivity index (χ1v) is 7.43. The van der Waals surface area contributed by atoms with E-state index in [0.29, 0.717) is 41.8 Å². The molecule has 1 saturated heterocycles. The van der Waals surface area contributed by atoms with E-state index in [1.165, 1.54) is 0 Å². The number of carbonyl (C=O) groups excluding carboxylic acids is 2. The maximum atomic E-state index is 12.4. The van der Waals surface area contributed by atoms with Crippen LogP contribution in [0.5, 0.6) is 0 Å². The average Bonchev–Trinajstić information content (AvgIpc) is 2.44. The van der Waals surface area contributed by atoms with Gasteiger partial charge in [0.25, 0.3) is 5.91 Å². The summed E-state index contributed by atoms with van der Waals surface area (Å²) in [5, 5.41) is 0.874. The van der Waals surface area contributed by atoms with Crippen molar-refractivity contribution in [1.82, 2.24) is 9.80 Å². The molecule has 0 spiro atoms. The molecule has 1 aromatic carbocycles. The van der Waals surface area contributed by atoms with Gasteiger partial charge < -0.3 is 10.6 Å². The molecule has 1 aliphatic rings. The fourth-order valence-corrected chi connectivity index (χ4v) is 2.88. The highest BCUT2D eigenvalue weighted by molar-refractivity contribution is 6.35. The summed E-state index contributed by atoms with van der Waals surface area (Å²) in [6, 6.07) is 4.48. The average molecular weight is 330 g/mol. The SMILES string of the molecule is CC(C(N)=O)N1CCN(C(=O)c2cc(Cl)cc(Cl)c2)CC1.